The number of rotatable bonds is 2. The van der Waals surface area contributed by atoms with E-state index in [2.05, 4.69) is 10.3 Å². The zero-order valence-corrected chi connectivity index (χ0v) is 12.0. The van der Waals surface area contributed by atoms with E-state index in [9.17, 15) is 4.79 Å². The van der Waals surface area contributed by atoms with Crippen molar-refractivity contribution in [2.24, 2.45) is 5.73 Å². The number of carbonyl (C=O) groups excluding carboxylic acids is 1. The quantitative estimate of drug-likeness (QED) is 0.882. The maximum absolute atomic E-state index is 11.3. The largest absolute Gasteiger partial charge is 0.488 e. The molecule has 3 unspecified atom stereocenters. The number of anilines is 1. The summed E-state index contributed by atoms with van der Waals surface area (Å²) in [6.07, 6.45) is 1.19. The first-order valence-electron chi connectivity index (χ1n) is 7.36. The molecule has 0 radical (unpaired) electrons. The zero-order chi connectivity index (χ0) is 15.6. The van der Waals surface area contributed by atoms with Crippen molar-refractivity contribution in [1.82, 2.24) is 4.98 Å². The van der Waals surface area contributed by atoms with E-state index in [1.807, 2.05) is 18.2 Å². The van der Waals surface area contributed by atoms with Crippen LogP contribution in [0.2, 0.25) is 0 Å². The summed E-state index contributed by atoms with van der Waals surface area (Å²) in [6.45, 7) is 0.133. The van der Waals surface area contributed by atoms with Gasteiger partial charge in [0.05, 0.1) is 11.6 Å². The maximum Gasteiger partial charge on any atom is 0.413 e. The molecular weight excluding hydrogens is 298 g/mol. The van der Waals surface area contributed by atoms with Crippen molar-refractivity contribution >= 4 is 11.9 Å². The molecule has 0 saturated heterocycles. The van der Waals surface area contributed by atoms with E-state index < -0.39 is 6.09 Å². The monoisotopic (exact) mass is 311 g/mol. The van der Waals surface area contributed by atoms with Gasteiger partial charge in [-0.3, -0.25) is 5.32 Å². The lowest BCUT2D eigenvalue weighted by Gasteiger charge is -2.19. The Morgan fingerprint density at radius 1 is 1.35 bits per heavy atom. The van der Waals surface area contributed by atoms with E-state index in [4.69, 9.17) is 19.9 Å². The fraction of sp³-hybridized carbons (Fsp3) is 0.250. The van der Waals surface area contributed by atoms with Gasteiger partial charge in [0, 0.05) is 17.7 Å². The van der Waals surface area contributed by atoms with E-state index in [0.717, 1.165) is 11.3 Å². The smallest absolute Gasteiger partial charge is 0.413 e. The summed E-state index contributed by atoms with van der Waals surface area (Å²) in [6, 6.07) is 7.53. The normalized spacial score (nSPS) is 26.1. The van der Waals surface area contributed by atoms with Crippen LogP contribution in [0.3, 0.4) is 0 Å². The van der Waals surface area contributed by atoms with E-state index in [1.165, 1.54) is 0 Å². The highest BCUT2D eigenvalue weighted by atomic mass is 16.6. The minimum Gasteiger partial charge on any atom is -0.488 e. The van der Waals surface area contributed by atoms with E-state index in [-0.39, 0.29) is 24.7 Å². The molecule has 2 aromatic rings. The minimum absolute atomic E-state index is 0.0787. The van der Waals surface area contributed by atoms with Crippen molar-refractivity contribution in [1.29, 1.82) is 0 Å². The first-order valence-corrected chi connectivity index (χ1v) is 7.36. The van der Waals surface area contributed by atoms with Crippen LogP contribution in [0.4, 0.5) is 10.6 Å². The first-order chi connectivity index (χ1) is 11.2. The second-order valence-electron chi connectivity index (χ2n) is 5.82. The highest BCUT2D eigenvalue weighted by Crippen LogP contribution is 2.53. The molecule has 7 heteroatoms. The van der Waals surface area contributed by atoms with Crippen LogP contribution in [-0.4, -0.2) is 23.2 Å². The third-order valence-electron chi connectivity index (χ3n) is 4.42. The Morgan fingerprint density at radius 3 is 3.17 bits per heavy atom. The number of carbonyl (C=O) groups is 1. The van der Waals surface area contributed by atoms with Crippen molar-refractivity contribution in [2.75, 3.05) is 5.32 Å². The van der Waals surface area contributed by atoms with Crippen LogP contribution in [0, 0.1) is 0 Å². The third kappa shape index (κ3) is 1.86. The average molecular weight is 311 g/mol. The standard InChI is InChI=1S/C16H13N3O4/c17-13-12-8-5-7(1-2-10(8)23-14(12)13)22-11-3-4-18-15-9(11)6-21-16(20)19-15/h1-5,12-14H,6,17H2,(H,18,19,20). The fourth-order valence-corrected chi connectivity index (χ4v) is 3.16. The third-order valence-corrected chi connectivity index (χ3v) is 4.42. The van der Waals surface area contributed by atoms with E-state index in [1.54, 1.807) is 12.3 Å². The summed E-state index contributed by atoms with van der Waals surface area (Å²) in [4.78, 5) is 15.4. The lowest BCUT2D eigenvalue weighted by Crippen LogP contribution is -2.21. The van der Waals surface area contributed by atoms with Crippen LogP contribution in [0.5, 0.6) is 17.2 Å². The van der Waals surface area contributed by atoms with Gasteiger partial charge in [-0.2, -0.15) is 0 Å². The number of aromatic nitrogens is 1. The van der Waals surface area contributed by atoms with Gasteiger partial charge in [-0.25, -0.2) is 9.78 Å². The van der Waals surface area contributed by atoms with Crippen molar-refractivity contribution in [2.45, 2.75) is 24.7 Å². The van der Waals surface area contributed by atoms with Crippen LogP contribution in [0.15, 0.2) is 30.5 Å². The Bertz CT molecular complexity index is 838. The molecule has 3 atom stereocenters. The van der Waals surface area contributed by atoms with Gasteiger partial charge < -0.3 is 19.9 Å². The second-order valence-corrected chi connectivity index (χ2v) is 5.82. The molecule has 1 aliphatic carbocycles. The van der Waals surface area contributed by atoms with Crippen LogP contribution in [0.1, 0.15) is 17.0 Å². The number of hydrogen-bond acceptors (Lipinski definition) is 6. The molecule has 116 valence electrons. The number of pyridine rings is 1. The lowest BCUT2D eigenvalue weighted by atomic mass is 10.1. The van der Waals surface area contributed by atoms with Crippen LogP contribution >= 0.6 is 0 Å². The fourth-order valence-electron chi connectivity index (χ4n) is 3.16. The molecule has 1 saturated carbocycles. The average Bonchev–Trinajstić information content (AvgIpc) is 3.02. The van der Waals surface area contributed by atoms with Gasteiger partial charge in [-0.15, -0.1) is 0 Å². The zero-order valence-electron chi connectivity index (χ0n) is 12.0. The van der Waals surface area contributed by atoms with Crippen molar-refractivity contribution in [3.63, 3.8) is 0 Å². The summed E-state index contributed by atoms with van der Waals surface area (Å²) in [5.41, 5.74) is 7.77. The number of fused-ring (bicyclic) bond motifs is 4. The van der Waals surface area contributed by atoms with Crippen LogP contribution in [-0.2, 0) is 11.3 Å². The molecule has 0 bridgehead atoms. The van der Waals surface area contributed by atoms with Gasteiger partial charge in [-0.1, -0.05) is 0 Å². The summed E-state index contributed by atoms with van der Waals surface area (Å²) >= 11 is 0. The number of nitrogens with zero attached hydrogens (tertiary/aromatic N) is 1. The Balaban J connectivity index is 1.47. The molecule has 3 N–H and O–H groups in total. The van der Waals surface area contributed by atoms with E-state index >= 15 is 0 Å². The van der Waals surface area contributed by atoms with Crippen molar-refractivity contribution < 1.29 is 19.0 Å². The molecule has 7 nitrogen and oxygen atoms in total. The Hall–Kier alpha value is -2.80. The number of ether oxygens (including phenoxy) is 3. The second kappa shape index (κ2) is 4.36. The number of amides is 1. The molecule has 1 amide bonds. The number of cyclic esters (lactones) is 1. The summed E-state index contributed by atoms with van der Waals surface area (Å²) in [5, 5.41) is 2.56. The van der Waals surface area contributed by atoms with Crippen molar-refractivity contribution in [3.8, 4) is 17.2 Å². The van der Waals surface area contributed by atoms with Gasteiger partial charge >= 0.3 is 6.09 Å². The molecule has 1 aromatic carbocycles. The molecule has 1 fully saturated rings. The lowest BCUT2D eigenvalue weighted by molar-refractivity contribution is 0.150. The number of benzene rings is 1. The Morgan fingerprint density at radius 2 is 2.26 bits per heavy atom. The van der Waals surface area contributed by atoms with Crippen LogP contribution < -0.4 is 20.5 Å². The van der Waals surface area contributed by atoms with E-state index in [0.29, 0.717) is 22.9 Å². The summed E-state index contributed by atoms with van der Waals surface area (Å²) < 4.78 is 16.7. The van der Waals surface area contributed by atoms with Crippen molar-refractivity contribution in [3.05, 3.63) is 41.6 Å². The number of hydrogen-bond donors (Lipinski definition) is 2. The Labute approximate surface area is 131 Å². The summed E-state index contributed by atoms with van der Waals surface area (Å²) in [7, 11) is 0. The predicted molar refractivity (Wildman–Crippen MR) is 79.7 cm³/mol. The molecule has 0 spiro atoms. The number of nitrogens with one attached hydrogen (secondary N) is 1. The van der Waals surface area contributed by atoms with Gasteiger partial charge in [-0.05, 0) is 24.3 Å². The SMILES string of the molecule is NC1C2Oc3ccc(Oc4ccnc5c4COC(=O)N5)cc3C12. The molecule has 5 rings (SSSR count). The van der Waals surface area contributed by atoms with Gasteiger partial charge in [0.2, 0.25) is 0 Å². The highest BCUT2D eigenvalue weighted by Gasteiger charge is 2.56. The van der Waals surface area contributed by atoms with Crippen LogP contribution in [0.25, 0.3) is 0 Å². The molecule has 3 heterocycles. The van der Waals surface area contributed by atoms with Gasteiger partial charge in [0.25, 0.3) is 0 Å². The van der Waals surface area contributed by atoms with Gasteiger partial charge in [0.1, 0.15) is 35.8 Å². The topological polar surface area (TPSA) is 95.7 Å². The molecule has 3 aliphatic rings. The first kappa shape index (κ1) is 12.7. The molecular formula is C16H13N3O4. The summed E-state index contributed by atoms with van der Waals surface area (Å²) in [5.74, 6) is 2.90. The minimum atomic E-state index is -0.509. The highest BCUT2D eigenvalue weighted by molar-refractivity contribution is 5.86. The predicted octanol–water partition coefficient (Wildman–Crippen LogP) is 2.12. The molecule has 23 heavy (non-hydrogen) atoms. The Kier molecular flexibility index (Phi) is 2.41. The molecule has 1 aromatic heterocycles. The number of nitrogens with two attached hydrogens (primary N) is 1. The maximum atomic E-state index is 11.3. The molecule has 2 aliphatic heterocycles. The van der Waals surface area contributed by atoms with Gasteiger partial charge in [0.15, 0.2) is 0 Å².